The Balaban J connectivity index is 1.29. The van der Waals surface area contributed by atoms with E-state index in [0.717, 1.165) is 17.4 Å². The van der Waals surface area contributed by atoms with Gasteiger partial charge in [0.25, 0.3) is 0 Å². The molecule has 3 aromatic rings. The normalized spacial score (nSPS) is 22.3. The maximum absolute atomic E-state index is 9.10. The highest BCUT2D eigenvalue weighted by Crippen LogP contribution is 2.54. The Bertz CT molecular complexity index is 1080. The molecule has 5 rings (SSSR count). The van der Waals surface area contributed by atoms with Gasteiger partial charge in [0.2, 0.25) is 0 Å². The van der Waals surface area contributed by atoms with Gasteiger partial charge in [0.1, 0.15) is 0 Å². The average molecular weight is 504 g/mol. The third-order valence-electron chi connectivity index (χ3n) is 9.09. The molecule has 3 heteroatoms. The lowest BCUT2D eigenvalue weighted by Gasteiger charge is -2.46. The van der Waals surface area contributed by atoms with Crippen LogP contribution in [-0.2, 0) is 5.41 Å². The van der Waals surface area contributed by atoms with E-state index in [1.807, 2.05) is 23.5 Å². The SMILES string of the molecule is CCCCCCCC1CCC(C2(c3cc4sc(-c5ccc(C#N)cc5)cc4s3)CCCCC2)CC1. The van der Waals surface area contributed by atoms with Crippen molar-refractivity contribution >= 4 is 32.1 Å². The Kier molecular flexibility index (Phi) is 8.31. The maximum Gasteiger partial charge on any atom is 0.0991 e. The molecule has 0 saturated heterocycles. The number of rotatable bonds is 9. The van der Waals surface area contributed by atoms with Gasteiger partial charge in [0.05, 0.1) is 11.6 Å². The highest BCUT2D eigenvalue weighted by molar-refractivity contribution is 7.29. The number of hydrogen-bond donors (Lipinski definition) is 0. The predicted molar refractivity (Wildman–Crippen MR) is 153 cm³/mol. The summed E-state index contributed by atoms with van der Waals surface area (Å²) in [5, 5.41) is 9.10. The van der Waals surface area contributed by atoms with Crippen LogP contribution < -0.4 is 0 Å². The molecule has 186 valence electrons. The van der Waals surface area contributed by atoms with Crippen molar-refractivity contribution in [2.45, 2.75) is 109 Å². The summed E-state index contributed by atoms with van der Waals surface area (Å²) >= 11 is 4.04. The molecule has 2 aliphatic rings. The lowest BCUT2D eigenvalue weighted by Crippen LogP contribution is -2.38. The van der Waals surface area contributed by atoms with E-state index in [4.69, 9.17) is 5.26 Å². The Morgan fingerprint density at radius 1 is 0.857 bits per heavy atom. The van der Waals surface area contributed by atoms with E-state index < -0.39 is 0 Å². The van der Waals surface area contributed by atoms with Gasteiger partial charge in [-0.2, -0.15) is 5.26 Å². The van der Waals surface area contributed by atoms with E-state index in [1.54, 1.807) is 4.88 Å². The van der Waals surface area contributed by atoms with Crippen LogP contribution in [0.15, 0.2) is 36.4 Å². The van der Waals surface area contributed by atoms with Crippen molar-refractivity contribution in [3.63, 3.8) is 0 Å². The van der Waals surface area contributed by atoms with Crippen molar-refractivity contribution in [2.75, 3.05) is 0 Å². The average Bonchev–Trinajstić information content (AvgIpc) is 3.50. The Morgan fingerprint density at radius 3 is 2.26 bits per heavy atom. The van der Waals surface area contributed by atoms with Crippen LogP contribution in [0, 0.1) is 23.2 Å². The molecule has 0 radical (unpaired) electrons. The first-order valence-electron chi connectivity index (χ1n) is 14.3. The minimum Gasteiger partial charge on any atom is -0.192 e. The summed E-state index contributed by atoms with van der Waals surface area (Å²) in [6, 6.07) is 15.3. The number of unbranched alkanes of at least 4 members (excludes halogenated alkanes) is 4. The first-order valence-corrected chi connectivity index (χ1v) is 15.9. The second kappa shape index (κ2) is 11.6. The second-order valence-corrected chi connectivity index (χ2v) is 13.4. The quantitative estimate of drug-likeness (QED) is 0.266. The van der Waals surface area contributed by atoms with Gasteiger partial charge in [-0.3, -0.25) is 0 Å². The van der Waals surface area contributed by atoms with Gasteiger partial charge in [0.15, 0.2) is 0 Å². The molecule has 0 N–H and O–H groups in total. The number of benzene rings is 1. The van der Waals surface area contributed by atoms with Crippen molar-refractivity contribution in [3.8, 4) is 16.5 Å². The smallest absolute Gasteiger partial charge is 0.0991 e. The zero-order valence-electron chi connectivity index (χ0n) is 21.5. The molecule has 2 fully saturated rings. The van der Waals surface area contributed by atoms with E-state index in [2.05, 4.69) is 48.6 Å². The van der Waals surface area contributed by atoms with Crippen molar-refractivity contribution in [2.24, 2.45) is 11.8 Å². The van der Waals surface area contributed by atoms with Gasteiger partial charge in [-0.15, -0.1) is 22.7 Å². The molecule has 0 amide bonds. The summed E-state index contributed by atoms with van der Waals surface area (Å²) in [4.78, 5) is 3.03. The van der Waals surface area contributed by atoms with Gasteiger partial charge >= 0.3 is 0 Å². The zero-order chi connectivity index (χ0) is 24.1. The summed E-state index contributed by atoms with van der Waals surface area (Å²) in [6.07, 6.45) is 21.6. The number of nitriles is 1. The summed E-state index contributed by atoms with van der Waals surface area (Å²) in [5.74, 6) is 1.89. The molecule has 2 saturated carbocycles. The fourth-order valence-corrected chi connectivity index (χ4v) is 9.74. The fourth-order valence-electron chi connectivity index (χ4n) is 7.01. The van der Waals surface area contributed by atoms with Crippen LogP contribution in [0.3, 0.4) is 0 Å². The zero-order valence-corrected chi connectivity index (χ0v) is 23.1. The topological polar surface area (TPSA) is 23.8 Å². The van der Waals surface area contributed by atoms with Crippen LogP contribution in [0.5, 0.6) is 0 Å². The molecule has 0 unspecified atom stereocenters. The largest absolute Gasteiger partial charge is 0.192 e. The minimum atomic E-state index is 0.447. The summed E-state index contributed by atoms with van der Waals surface area (Å²) < 4.78 is 2.94. The van der Waals surface area contributed by atoms with Crippen LogP contribution >= 0.6 is 22.7 Å². The van der Waals surface area contributed by atoms with Gasteiger partial charge in [-0.1, -0.05) is 89.7 Å². The molecule has 2 aromatic heterocycles. The molecule has 35 heavy (non-hydrogen) atoms. The standard InChI is InChI=1S/C32H41NS2/c1-2-3-4-5-7-10-24-13-17-27(18-14-24)32(19-8-6-9-20-32)31-22-30-29(35-31)21-28(34-30)26-15-11-25(23-33)12-16-26/h11-12,15-16,21-22,24,27H,2-10,13-14,17-20H2,1H3. The molecule has 1 nitrogen and oxygen atoms in total. The Hall–Kier alpha value is -1.63. The van der Waals surface area contributed by atoms with E-state index in [9.17, 15) is 0 Å². The molecule has 0 spiro atoms. The molecular formula is C32H41NS2. The van der Waals surface area contributed by atoms with Crippen molar-refractivity contribution < 1.29 is 0 Å². The molecule has 2 heterocycles. The van der Waals surface area contributed by atoms with E-state index in [1.165, 1.54) is 116 Å². The lowest BCUT2D eigenvalue weighted by atomic mass is 9.60. The van der Waals surface area contributed by atoms with Gasteiger partial charge in [-0.05, 0) is 67.3 Å². The van der Waals surface area contributed by atoms with E-state index in [-0.39, 0.29) is 0 Å². The highest BCUT2D eigenvalue weighted by atomic mass is 32.1. The van der Waals surface area contributed by atoms with Gasteiger partial charge < -0.3 is 0 Å². The van der Waals surface area contributed by atoms with Crippen LogP contribution in [-0.4, -0.2) is 0 Å². The second-order valence-electron chi connectivity index (χ2n) is 11.3. The minimum absolute atomic E-state index is 0.447. The van der Waals surface area contributed by atoms with Crippen LogP contribution in [0.4, 0.5) is 0 Å². The van der Waals surface area contributed by atoms with Gasteiger partial charge in [-0.25, -0.2) is 0 Å². The number of thiophene rings is 2. The molecule has 2 aliphatic carbocycles. The van der Waals surface area contributed by atoms with Crippen LogP contribution in [0.25, 0.3) is 19.8 Å². The molecule has 0 aliphatic heterocycles. The van der Waals surface area contributed by atoms with Crippen LogP contribution in [0.2, 0.25) is 0 Å². The molecular weight excluding hydrogens is 462 g/mol. The number of hydrogen-bond acceptors (Lipinski definition) is 3. The predicted octanol–water partition coefficient (Wildman–Crippen LogP) is 10.9. The number of nitrogens with zero attached hydrogens (tertiary/aromatic N) is 1. The van der Waals surface area contributed by atoms with E-state index >= 15 is 0 Å². The summed E-state index contributed by atoms with van der Waals surface area (Å²) in [5.41, 5.74) is 2.42. The van der Waals surface area contributed by atoms with Crippen molar-refractivity contribution in [1.29, 1.82) is 5.26 Å². The Morgan fingerprint density at radius 2 is 1.57 bits per heavy atom. The highest BCUT2D eigenvalue weighted by Gasteiger charge is 2.43. The monoisotopic (exact) mass is 503 g/mol. The van der Waals surface area contributed by atoms with Crippen molar-refractivity contribution in [3.05, 3.63) is 46.8 Å². The molecule has 0 atom stereocenters. The fraction of sp³-hybridized carbons (Fsp3) is 0.594. The van der Waals surface area contributed by atoms with Crippen LogP contribution in [0.1, 0.15) is 114 Å². The van der Waals surface area contributed by atoms with Crippen molar-refractivity contribution in [1.82, 2.24) is 0 Å². The van der Waals surface area contributed by atoms with Gasteiger partial charge in [0, 0.05) is 24.6 Å². The number of fused-ring (bicyclic) bond motifs is 1. The van der Waals surface area contributed by atoms with E-state index in [0.29, 0.717) is 5.41 Å². The third kappa shape index (κ3) is 5.55. The third-order valence-corrected chi connectivity index (χ3v) is 11.6. The first-order chi connectivity index (χ1) is 17.2. The Labute approximate surface area is 220 Å². The summed E-state index contributed by atoms with van der Waals surface area (Å²) in [7, 11) is 0. The first kappa shape index (κ1) is 25.0. The molecule has 1 aromatic carbocycles. The lowest BCUT2D eigenvalue weighted by molar-refractivity contribution is 0.127. The summed E-state index contributed by atoms with van der Waals surface area (Å²) in [6.45, 7) is 2.31. The molecule has 0 bridgehead atoms. The maximum atomic E-state index is 9.10.